The van der Waals surface area contributed by atoms with Gasteiger partial charge in [-0.3, -0.25) is 0 Å². The number of hydrogen-bond donors (Lipinski definition) is 0. The maximum absolute atomic E-state index is 12.5. The summed E-state index contributed by atoms with van der Waals surface area (Å²) < 4.78 is 41.8. The van der Waals surface area contributed by atoms with Crippen molar-refractivity contribution >= 4 is 35.5 Å². The Morgan fingerprint density at radius 2 is 1.75 bits per heavy atom. The molecule has 0 bridgehead atoms. The zero-order valence-electron chi connectivity index (χ0n) is 10.1. The van der Waals surface area contributed by atoms with Crippen LogP contribution < -0.4 is 0 Å². The normalized spacial score (nSPS) is 12.4. The minimum atomic E-state index is -4.66. The summed E-state index contributed by atoms with van der Waals surface area (Å²) in [5, 5.41) is 1.71. The Kier molecular flexibility index (Phi) is 4.25. The van der Waals surface area contributed by atoms with Gasteiger partial charge in [0, 0.05) is 0 Å². The van der Waals surface area contributed by atoms with Gasteiger partial charge in [-0.2, -0.15) is 0 Å². The van der Waals surface area contributed by atoms with Crippen molar-refractivity contribution in [3.63, 3.8) is 0 Å². The van der Waals surface area contributed by atoms with Crippen molar-refractivity contribution in [2.75, 3.05) is 0 Å². The summed E-state index contributed by atoms with van der Waals surface area (Å²) in [5.74, 6) is -2.02. The molecule has 0 aliphatic heterocycles. The van der Waals surface area contributed by atoms with Crippen LogP contribution in [0.2, 0.25) is 0 Å². The van der Waals surface area contributed by atoms with Crippen molar-refractivity contribution in [1.29, 1.82) is 0 Å². The van der Waals surface area contributed by atoms with Gasteiger partial charge in [0.15, 0.2) is 0 Å². The molecule has 0 fully saturated rings. The molecule has 0 heterocycles. The average Bonchev–Trinajstić information content (AvgIpc) is 2.42. The second-order valence-electron chi connectivity index (χ2n) is 4.05. The van der Waals surface area contributed by atoms with E-state index in [9.17, 15) is 18.0 Å². The van der Waals surface area contributed by atoms with E-state index in [1.165, 1.54) is 6.07 Å². The molecule has 2 aromatic rings. The summed E-state index contributed by atoms with van der Waals surface area (Å²) in [7, 11) is 0. The van der Waals surface area contributed by atoms with Crippen molar-refractivity contribution in [2.24, 2.45) is 0 Å². The number of allylic oxidation sites excluding steroid dienone is 2. The van der Waals surface area contributed by atoms with Gasteiger partial charge in [-0.05, 0) is 0 Å². The second-order valence-corrected chi connectivity index (χ2v) is 4.54. The molecule has 0 N–H and O–H groups in total. The number of fused-ring (bicyclic) bond motifs is 1. The van der Waals surface area contributed by atoms with Crippen molar-refractivity contribution in [3.05, 3.63) is 59.9 Å². The van der Waals surface area contributed by atoms with Gasteiger partial charge in [0.1, 0.15) is 0 Å². The van der Waals surface area contributed by atoms with E-state index < -0.39 is 17.7 Å². The van der Waals surface area contributed by atoms with Gasteiger partial charge in [-0.25, -0.2) is 0 Å². The number of benzene rings is 2. The molecule has 0 amide bonds. The Balaban J connectivity index is 2.38. The first-order valence-corrected chi connectivity index (χ1v) is 6.59. The zero-order chi connectivity index (χ0) is 14.8. The summed E-state index contributed by atoms with van der Waals surface area (Å²) in [6.07, 6.45) is -4.19. The van der Waals surface area contributed by atoms with E-state index in [4.69, 9.17) is 0 Å². The molecule has 0 atom stereocenters. The van der Waals surface area contributed by atoms with Crippen molar-refractivity contribution in [2.45, 2.75) is 6.18 Å². The Morgan fingerprint density at radius 3 is 2.35 bits per heavy atom. The summed E-state index contributed by atoms with van der Waals surface area (Å²) in [6.45, 7) is 0. The van der Waals surface area contributed by atoms with E-state index in [0.717, 1.165) is 10.8 Å². The van der Waals surface area contributed by atoms with Crippen LogP contribution in [0, 0.1) is 0 Å². The number of carbonyl (C=O) groups excluding carboxylic acids is 1. The Labute approximate surface area is 123 Å². The quantitative estimate of drug-likeness (QED) is 0.371. The van der Waals surface area contributed by atoms with Crippen molar-refractivity contribution in [3.8, 4) is 0 Å². The van der Waals surface area contributed by atoms with Crippen LogP contribution >= 0.6 is 0 Å². The number of rotatable bonds is 3. The van der Waals surface area contributed by atoms with Gasteiger partial charge >= 0.3 is 123 Å². The van der Waals surface area contributed by atoms with Crippen LogP contribution in [-0.2, 0) is 3.53 Å². The minimum absolute atomic E-state index is 0.190. The van der Waals surface area contributed by atoms with Crippen LogP contribution in [0.25, 0.3) is 10.8 Å². The van der Waals surface area contributed by atoms with Crippen LogP contribution in [0.1, 0.15) is 10.4 Å². The number of ketones is 1. The van der Waals surface area contributed by atoms with E-state index >= 15 is 0 Å². The molecule has 20 heavy (non-hydrogen) atoms. The Hall–Kier alpha value is -1.66. The number of hydrogen-bond acceptors (Lipinski definition) is 2. The molecule has 0 spiro atoms. The molecule has 0 aromatic heterocycles. The van der Waals surface area contributed by atoms with E-state index in [1.54, 1.807) is 24.3 Å². The van der Waals surface area contributed by atoms with Crippen LogP contribution in [0.15, 0.2) is 54.3 Å². The van der Waals surface area contributed by atoms with Crippen LogP contribution in [0.3, 0.4) is 0 Å². The van der Waals surface area contributed by atoms with Crippen LogP contribution in [0.4, 0.5) is 13.2 Å². The molecular formula is C14H8F3GaO2. The van der Waals surface area contributed by atoms with E-state index in [2.05, 4.69) is 3.53 Å². The monoisotopic (exact) mass is 334 g/mol. The standard InChI is InChI=1S/C14H9F3O2.Ga/c15-14(16,17)13(19)8-12(18)11-6-5-9-3-1-2-4-10(9)7-11;/h1-8,19H;/q;+1/p-1/b13-8-;. The van der Waals surface area contributed by atoms with Gasteiger partial charge in [-0.15, -0.1) is 0 Å². The summed E-state index contributed by atoms with van der Waals surface area (Å²) in [4.78, 5) is 11.9. The van der Waals surface area contributed by atoms with Gasteiger partial charge in [0.25, 0.3) is 0 Å². The second kappa shape index (κ2) is 5.76. The number of alkyl halides is 3. The predicted molar refractivity (Wildman–Crippen MR) is 69.3 cm³/mol. The fourth-order valence-electron chi connectivity index (χ4n) is 1.73. The fourth-order valence-corrected chi connectivity index (χ4v) is 2.15. The third-order valence-electron chi connectivity index (χ3n) is 2.70. The van der Waals surface area contributed by atoms with Gasteiger partial charge < -0.3 is 0 Å². The number of halogens is 3. The van der Waals surface area contributed by atoms with Gasteiger partial charge in [0.05, 0.1) is 0 Å². The van der Waals surface area contributed by atoms with Crippen molar-refractivity contribution < 1.29 is 21.5 Å². The first kappa shape index (κ1) is 14.7. The van der Waals surface area contributed by atoms with Crippen LogP contribution in [-0.4, -0.2) is 30.9 Å². The molecule has 0 saturated heterocycles. The van der Waals surface area contributed by atoms with E-state index in [1.807, 2.05) is 12.1 Å². The van der Waals surface area contributed by atoms with Crippen molar-refractivity contribution in [1.82, 2.24) is 0 Å². The fraction of sp³-hybridized carbons (Fsp3) is 0.0714. The maximum atomic E-state index is 12.5. The molecule has 0 unspecified atom stereocenters. The summed E-state index contributed by atoms with van der Waals surface area (Å²) in [6, 6.07) is 12.0. The summed E-state index contributed by atoms with van der Waals surface area (Å²) >= 11 is 0.425. The zero-order valence-corrected chi connectivity index (χ0v) is 12.6. The summed E-state index contributed by atoms with van der Waals surface area (Å²) in [5.41, 5.74) is 0.190. The molecule has 100 valence electrons. The van der Waals surface area contributed by atoms with Crippen LogP contribution in [0.5, 0.6) is 0 Å². The molecule has 0 saturated carbocycles. The molecule has 2 radical (unpaired) electrons. The first-order valence-electron chi connectivity index (χ1n) is 5.60. The predicted octanol–water partition coefficient (Wildman–Crippen LogP) is 3.57. The number of carbonyl (C=O) groups is 1. The molecule has 2 nitrogen and oxygen atoms in total. The Morgan fingerprint density at radius 1 is 1.10 bits per heavy atom. The molecule has 6 heteroatoms. The SMILES string of the molecule is O=C(/C=C(\[O][Ga])C(F)(F)F)c1ccc2ccccc2c1. The van der Waals surface area contributed by atoms with E-state index in [0.29, 0.717) is 25.0 Å². The molecule has 0 aliphatic carbocycles. The van der Waals surface area contributed by atoms with Gasteiger partial charge in [0.2, 0.25) is 0 Å². The molecule has 2 aromatic carbocycles. The Bertz CT molecular complexity index is 677. The molecule has 0 aliphatic rings. The van der Waals surface area contributed by atoms with E-state index in [-0.39, 0.29) is 5.56 Å². The third-order valence-corrected chi connectivity index (χ3v) is 3.24. The van der Waals surface area contributed by atoms with Gasteiger partial charge in [-0.1, -0.05) is 0 Å². The average molecular weight is 335 g/mol. The molecule has 2 rings (SSSR count). The third kappa shape index (κ3) is 3.26. The topological polar surface area (TPSA) is 26.3 Å². The first-order chi connectivity index (χ1) is 9.41. The molecular weight excluding hydrogens is 327 g/mol.